The van der Waals surface area contributed by atoms with Gasteiger partial charge < -0.3 is 9.88 Å². The Bertz CT molecular complexity index is 438. The van der Waals surface area contributed by atoms with Gasteiger partial charge in [0.05, 0.1) is 11.1 Å². The van der Waals surface area contributed by atoms with Gasteiger partial charge in [-0.2, -0.15) is 0 Å². The van der Waals surface area contributed by atoms with Crippen molar-refractivity contribution in [1.29, 1.82) is 0 Å². The predicted octanol–water partition coefficient (Wildman–Crippen LogP) is 1.92. The first kappa shape index (κ1) is 12.1. The van der Waals surface area contributed by atoms with Crippen LogP contribution in [0.1, 0.15) is 23.3 Å². The van der Waals surface area contributed by atoms with Crippen molar-refractivity contribution in [3.05, 3.63) is 28.1 Å². The van der Waals surface area contributed by atoms with Crippen LogP contribution < -0.4 is 0 Å². The second-order valence-electron chi connectivity index (χ2n) is 4.00. The van der Waals surface area contributed by atoms with E-state index in [4.69, 9.17) is 0 Å². The molecule has 0 aromatic carbocycles. The number of hydrogen-bond acceptors (Lipinski definition) is 3. The van der Waals surface area contributed by atoms with Gasteiger partial charge in [-0.3, -0.25) is 14.9 Å². The van der Waals surface area contributed by atoms with Crippen LogP contribution in [0, 0.1) is 10.1 Å². The number of hydrogen-bond donors (Lipinski definition) is 1. The molecule has 1 aliphatic heterocycles. The van der Waals surface area contributed by atoms with Crippen LogP contribution in [-0.4, -0.2) is 38.6 Å². The van der Waals surface area contributed by atoms with Crippen LogP contribution in [0.2, 0.25) is 0 Å². The van der Waals surface area contributed by atoms with Gasteiger partial charge >= 0.3 is 0 Å². The van der Waals surface area contributed by atoms with Gasteiger partial charge in [0.2, 0.25) is 0 Å². The molecule has 1 saturated heterocycles. The van der Waals surface area contributed by atoms with E-state index < -0.39 is 4.92 Å². The van der Waals surface area contributed by atoms with Crippen molar-refractivity contribution in [2.45, 2.75) is 17.7 Å². The molecule has 2 rings (SSSR count). The van der Waals surface area contributed by atoms with Crippen LogP contribution in [0.5, 0.6) is 0 Å². The molecule has 17 heavy (non-hydrogen) atoms. The Balaban J connectivity index is 2.06. The zero-order chi connectivity index (χ0) is 12.4. The number of carbonyl (C=O) groups is 1. The molecule has 0 radical (unpaired) electrons. The molecule has 2 heterocycles. The van der Waals surface area contributed by atoms with Crippen LogP contribution in [0.25, 0.3) is 0 Å². The summed E-state index contributed by atoms with van der Waals surface area (Å²) in [6.07, 6.45) is 3.06. The minimum Gasteiger partial charge on any atom is -0.351 e. The number of nitrogens with zero attached hydrogens (tertiary/aromatic N) is 2. The maximum atomic E-state index is 12.0. The minimum atomic E-state index is -0.516. The van der Waals surface area contributed by atoms with Crippen LogP contribution in [0.4, 0.5) is 5.69 Å². The quantitative estimate of drug-likeness (QED) is 0.515. The minimum absolute atomic E-state index is 0.0799. The fourth-order valence-corrected chi connectivity index (χ4v) is 2.24. The lowest BCUT2D eigenvalue weighted by Gasteiger charge is -2.29. The summed E-state index contributed by atoms with van der Waals surface area (Å²) < 4.78 is 0. The Morgan fingerprint density at radius 2 is 2.18 bits per heavy atom. The number of nitro groups is 1. The Hall–Kier alpha value is -1.37. The topological polar surface area (TPSA) is 79.2 Å². The highest BCUT2D eigenvalue weighted by atomic mass is 79.9. The number of aromatic amines is 1. The lowest BCUT2D eigenvalue weighted by Crippen LogP contribution is -2.38. The Morgan fingerprint density at radius 3 is 2.71 bits per heavy atom. The zero-order valence-electron chi connectivity index (χ0n) is 9.06. The fraction of sp³-hybridized carbons (Fsp3) is 0.500. The van der Waals surface area contributed by atoms with Crippen LogP contribution in [-0.2, 0) is 0 Å². The number of amides is 1. The normalized spacial score (nSPS) is 17.1. The van der Waals surface area contributed by atoms with Crippen LogP contribution in [0.3, 0.4) is 0 Å². The van der Waals surface area contributed by atoms with E-state index in [2.05, 4.69) is 20.9 Å². The van der Waals surface area contributed by atoms with Crippen molar-refractivity contribution in [2.24, 2.45) is 0 Å². The van der Waals surface area contributed by atoms with E-state index in [1.807, 2.05) is 0 Å². The fourth-order valence-electron chi connectivity index (χ4n) is 1.83. The highest BCUT2D eigenvalue weighted by Gasteiger charge is 2.24. The Kier molecular flexibility index (Phi) is 3.46. The molecule has 1 aliphatic rings. The highest BCUT2D eigenvalue weighted by molar-refractivity contribution is 9.09. The number of likely N-dealkylation sites (tertiary alicyclic amines) is 1. The lowest BCUT2D eigenvalue weighted by molar-refractivity contribution is -0.384. The first-order valence-electron chi connectivity index (χ1n) is 5.34. The van der Waals surface area contributed by atoms with Crippen LogP contribution in [0.15, 0.2) is 12.3 Å². The van der Waals surface area contributed by atoms with E-state index in [-0.39, 0.29) is 17.3 Å². The van der Waals surface area contributed by atoms with Crippen molar-refractivity contribution in [3.63, 3.8) is 0 Å². The first-order valence-corrected chi connectivity index (χ1v) is 6.25. The Labute approximate surface area is 106 Å². The second-order valence-corrected chi connectivity index (χ2v) is 5.29. The molecule has 7 heteroatoms. The van der Waals surface area contributed by atoms with Crippen molar-refractivity contribution in [3.8, 4) is 0 Å². The van der Waals surface area contributed by atoms with Gasteiger partial charge in [-0.05, 0) is 12.8 Å². The van der Waals surface area contributed by atoms with E-state index in [1.165, 1.54) is 12.3 Å². The molecule has 1 amide bonds. The Morgan fingerprint density at radius 1 is 1.53 bits per heavy atom. The molecular weight excluding hydrogens is 290 g/mol. The van der Waals surface area contributed by atoms with Crippen LogP contribution >= 0.6 is 15.9 Å². The molecule has 1 N–H and O–H groups in total. The van der Waals surface area contributed by atoms with Crippen molar-refractivity contribution >= 4 is 27.5 Å². The van der Waals surface area contributed by atoms with Gasteiger partial charge in [0.1, 0.15) is 5.69 Å². The van der Waals surface area contributed by atoms with E-state index in [9.17, 15) is 14.9 Å². The number of alkyl halides is 1. The number of H-pyrrole nitrogens is 1. The summed E-state index contributed by atoms with van der Waals surface area (Å²) in [5.41, 5.74) is 0.202. The largest absolute Gasteiger partial charge is 0.351 e. The summed E-state index contributed by atoms with van der Waals surface area (Å²) in [5.74, 6) is -0.169. The smallest absolute Gasteiger partial charge is 0.287 e. The standard InChI is InChI=1S/C10H12BrN3O3/c11-7-1-3-13(4-2-7)10(15)9-5-8(6-12-9)14(16)17/h5-7,12H,1-4H2. The van der Waals surface area contributed by atoms with Crippen molar-refractivity contribution < 1.29 is 9.72 Å². The molecule has 0 atom stereocenters. The van der Waals surface area contributed by atoms with Gasteiger partial charge in [-0.15, -0.1) is 0 Å². The van der Waals surface area contributed by atoms with Gasteiger partial charge in [0, 0.05) is 24.0 Å². The molecule has 92 valence electrons. The van der Waals surface area contributed by atoms with E-state index in [0.717, 1.165) is 12.8 Å². The average Bonchev–Trinajstić information content (AvgIpc) is 2.78. The summed E-state index contributed by atoms with van der Waals surface area (Å²) in [4.78, 5) is 26.8. The molecule has 0 bridgehead atoms. The monoisotopic (exact) mass is 301 g/mol. The average molecular weight is 302 g/mol. The van der Waals surface area contributed by atoms with E-state index in [0.29, 0.717) is 17.9 Å². The SMILES string of the molecule is O=C(c1cc([N+](=O)[O-])c[nH]1)N1CCC(Br)CC1. The number of carbonyl (C=O) groups excluding carboxylic acids is 1. The summed E-state index contributed by atoms with van der Waals surface area (Å²) >= 11 is 3.51. The summed E-state index contributed by atoms with van der Waals surface area (Å²) in [6, 6.07) is 1.28. The van der Waals surface area contributed by atoms with Crippen molar-refractivity contribution in [1.82, 2.24) is 9.88 Å². The summed E-state index contributed by atoms with van der Waals surface area (Å²) in [6.45, 7) is 1.36. The van der Waals surface area contributed by atoms with Gasteiger partial charge in [0.25, 0.3) is 11.6 Å². The molecule has 1 fully saturated rings. The van der Waals surface area contributed by atoms with Gasteiger partial charge in [-0.25, -0.2) is 0 Å². The predicted molar refractivity (Wildman–Crippen MR) is 65.3 cm³/mol. The first-order chi connectivity index (χ1) is 8.08. The number of aromatic nitrogens is 1. The second kappa shape index (κ2) is 4.87. The molecule has 1 aromatic rings. The zero-order valence-corrected chi connectivity index (χ0v) is 10.6. The number of piperidine rings is 1. The van der Waals surface area contributed by atoms with Gasteiger partial charge in [0.15, 0.2) is 0 Å². The summed E-state index contributed by atoms with van der Waals surface area (Å²) in [7, 11) is 0. The third-order valence-corrected chi connectivity index (χ3v) is 3.74. The third-order valence-electron chi connectivity index (χ3n) is 2.82. The molecule has 0 saturated carbocycles. The maximum Gasteiger partial charge on any atom is 0.287 e. The number of nitrogens with one attached hydrogen (secondary N) is 1. The highest BCUT2D eigenvalue weighted by Crippen LogP contribution is 2.20. The van der Waals surface area contributed by atoms with E-state index in [1.54, 1.807) is 4.90 Å². The summed E-state index contributed by atoms with van der Waals surface area (Å²) in [5, 5.41) is 10.5. The molecule has 0 aliphatic carbocycles. The molecule has 1 aromatic heterocycles. The molecule has 0 unspecified atom stereocenters. The molecule has 6 nitrogen and oxygen atoms in total. The number of halogens is 1. The van der Waals surface area contributed by atoms with E-state index >= 15 is 0 Å². The lowest BCUT2D eigenvalue weighted by atomic mass is 10.1. The molecule has 0 spiro atoms. The molecular formula is C10H12BrN3O3. The number of rotatable bonds is 2. The maximum absolute atomic E-state index is 12.0. The third kappa shape index (κ3) is 2.66. The van der Waals surface area contributed by atoms with Crippen molar-refractivity contribution in [2.75, 3.05) is 13.1 Å². The van der Waals surface area contributed by atoms with Gasteiger partial charge in [-0.1, -0.05) is 15.9 Å².